The van der Waals surface area contributed by atoms with Crippen LogP contribution in [0.4, 0.5) is 4.39 Å². The summed E-state index contributed by atoms with van der Waals surface area (Å²) in [5, 5.41) is 10.3. The number of hydrogen-bond donors (Lipinski definition) is 2. The Morgan fingerprint density at radius 1 is 1.25 bits per heavy atom. The van der Waals surface area contributed by atoms with E-state index < -0.39 is 0 Å². The normalized spacial score (nSPS) is 11.3. The molecule has 2 aromatic rings. The Morgan fingerprint density at radius 2 is 1.96 bits per heavy atom. The van der Waals surface area contributed by atoms with Crippen molar-refractivity contribution in [2.75, 3.05) is 7.05 Å². The molecule has 0 fully saturated rings. The molecule has 0 aliphatic rings. The number of nitrogens with zero attached hydrogens (tertiary/aromatic N) is 2. The highest BCUT2D eigenvalue weighted by molar-refractivity contribution is 14.0. The topological polar surface area (TPSA) is 62.5 Å². The van der Waals surface area contributed by atoms with Gasteiger partial charge in [0.15, 0.2) is 11.7 Å². The lowest BCUT2D eigenvalue weighted by Gasteiger charge is -2.11. The van der Waals surface area contributed by atoms with Gasteiger partial charge in [0.1, 0.15) is 5.82 Å². The van der Waals surface area contributed by atoms with Crippen molar-refractivity contribution in [1.82, 2.24) is 15.8 Å². The standard InChI is InChI=1S/C17H23FN4O.HI/c1-11(2)16-8-14(23-22-16)10-21-17(19-4)20-9-13-6-5-12(3)15(18)7-13;/h5-8,11H,9-10H2,1-4H3,(H2,19,20,21);1H. The maximum Gasteiger partial charge on any atom is 0.191 e. The summed E-state index contributed by atoms with van der Waals surface area (Å²) < 4.78 is 18.8. The zero-order valence-electron chi connectivity index (χ0n) is 14.4. The van der Waals surface area contributed by atoms with Crippen LogP contribution < -0.4 is 10.6 Å². The maximum atomic E-state index is 13.5. The summed E-state index contributed by atoms with van der Waals surface area (Å²) in [5.74, 6) is 1.50. The molecule has 0 saturated heterocycles. The molecule has 0 unspecified atom stereocenters. The van der Waals surface area contributed by atoms with Crippen molar-refractivity contribution in [3.8, 4) is 0 Å². The van der Waals surface area contributed by atoms with Gasteiger partial charge >= 0.3 is 0 Å². The second kappa shape index (κ2) is 9.61. The summed E-state index contributed by atoms with van der Waals surface area (Å²) in [5.41, 5.74) is 2.43. The summed E-state index contributed by atoms with van der Waals surface area (Å²) in [7, 11) is 1.69. The molecule has 1 heterocycles. The van der Waals surface area contributed by atoms with Gasteiger partial charge in [-0.2, -0.15) is 0 Å². The average Bonchev–Trinajstić information content (AvgIpc) is 3.00. The van der Waals surface area contributed by atoms with E-state index in [9.17, 15) is 4.39 Å². The molecule has 0 atom stereocenters. The monoisotopic (exact) mass is 446 g/mol. The van der Waals surface area contributed by atoms with Crippen molar-refractivity contribution >= 4 is 29.9 Å². The molecule has 0 radical (unpaired) electrons. The van der Waals surface area contributed by atoms with Gasteiger partial charge in [0.05, 0.1) is 12.2 Å². The highest BCUT2D eigenvalue weighted by Crippen LogP contribution is 2.13. The predicted octanol–water partition coefficient (Wildman–Crippen LogP) is 3.73. The third-order valence-corrected chi connectivity index (χ3v) is 3.52. The first-order valence-electron chi connectivity index (χ1n) is 7.64. The van der Waals surface area contributed by atoms with Crippen LogP contribution in [-0.2, 0) is 13.1 Å². The molecule has 5 nitrogen and oxygen atoms in total. The number of rotatable bonds is 5. The van der Waals surface area contributed by atoms with Gasteiger partial charge in [-0.3, -0.25) is 4.99 Å². The van der Waals surface area contributed by atoms with Gasteiger partial charge in [0, 0.05) is 19.7 Å². The second-order valence-corrected chi connectivity index (χ2v) is 5.74. The lowest BCUT2D eigenvalue weighted by molar-refractivity contribution is 0.372. The van der Waals surface area contributed by atoms with Gasteiger partial charge in [-0.15, -0.1) is 24.0 Å². The predicted molar refractivity (Wildman–Crippen MR) is 104 cm³/mol. The minimum atomic E-state index is -0.199. The fourth-order valence-corrected chi connectivity index (χ4v) is 2.01. The molecule has 7 heteroatoms. The fraction of sp³-hybridized carbons (Fsp3) is 0.412. The first-order valence-corrected chi connectivity index (χ1v) is 7.64. The van der Waals surface area contributed by atoms with Crippen LogP contribution in [-0.4, -0.2) is 18.2 Å². The van der Waals surface area contributed by atoms with Crippen LogP contribution in [0.15, 0.2) is 33.8 Å². The highest BCUT2D eigenvalue weighted by atomic mass is 127. The van der Waals surface area contributed by atoms with E-state index in [0.717, 1.165) is 17.0 Å². The summed E-state index contributed by atoms with van der Waals surface area (Å²) in [6.07, 6.45) is 0. The van der Waals surface area contributed by atoms with Crippen LogP contribution >= 0.6 is 24.0 Å². The van der Waals surface area contributed by atoms with Gasteiger partial charge < -0.3 is 15.2 Å². The number of halogens is 2. The fourth-order valence-electron chi connectivity index (χ4n) is 2.01. The van der Waals surface area contributed by atoms with Gasteiger partial charge in [0.2, 0.25) is 0 Å². The molecule has 0 spiro atoms. The number of nitrogens with one attached hydrogen (secondary N) is 2. The Kier molecular flexibility index (Phi) is 8.17. The average molecular weight is 446 g/mol. The van der Waals surface area contributed by atoms with Crippen molar-refractivity contribution in [1.29, 1.82) is 0 Å². The summed E-state index contributed by atoms with van der Waals surface area (Å²) in [6, 6.07) is 7.12. The molecule has 0 aliphatic heterocycles. The molecule has 0 saturated carbocycles. The second-order valence-electron chi connectivity index (χ2n) is 5.74. The van der Waals surface area contributed by atoms with Crippen molar-refractivity contribution < 1.29 is 8.91 Å². The number of guanidine groups is 1. The Hall–Kier alpha value is -1.64. The van der Waals surface area contributed by atoms with Crippen molar-refractivity contribution in [2.24, 2.45) is 4.99 Å². The number of benzene rings is 1. The van der Waals surface area contributed by atoms with Crippen LogP contribution in [0.25, 0.3) is 0 Å². The molecule has 24 heavy (non-hydrogen) atoms. The van der Waals surface area contributed by atoms with Crippen LogP contribution in [0.5, 0.6) is 0 Å². The minimum absolute atomic E-state index is 0. The number of aromatic nitrogens is 1. The molecule has 2 rings (SSSR count). The molecule has 132 valence electrons. The minimum Gasteiger partial charge on any atom is -0.359 e. The zero-order chi connectivity index (χ0) is 16.8. The van der Waals surface area contributed by atoms with E-state index in [0.29, 0.717) is 30.5 Å². The Morgan fingerprint density at radius 3 is 2.54 bits per heavy atom. The third kappa shape index (κ3) is 5.77. The van der Waals surface area contributed by atoms with Gasteiger partial charge in [-0.25, -0.2) is 4.39 Å². The Labute approximate surface area is 159 Å². The van der Waals surface area contributed by atoms with E-state index in [1.54, 1.807) is 20.0 Å². The number of hydrogen-bond acceptors (Lipinski definition) is 3. The molecule has 0 bridgehead atoms. The van der Waals surface area contributed by atoms with Gasteiger partial charge in [-0.05, 0) is 30.0 Å². The maximum absolute atomic E-state index is 13.5. The van der Waals surface area contributed by atoms with E-state index in [2.05, 4.69) is 34.6 Å². The molecule has 1 aromatic heterocycles. The smallest absolute Gasteiger partial charge is 0.191 e. The van der Waals surface area contributed by atoms with Gasteiger partial charge in [0.25, 0.3) is 0 Å². The van der Waals surface area contributed by atoms with E-state index in [-0.39, 0.29) is 29.8 Å². The van der Waals surface area contributed by atoms with E-state index in [4.69, 9.17) is 4.52 Å². The Bertz CT molecular complexity index is 685. The van der Waals surface area contributed by atoms with E-state index >= 15 is 0 Å². The quantitative estimate of drug-likeness (QED) is 0.418. The largest absolute Gasteiger partial charge is 0.359 e. The molecular formula is C17H24FIN4O. The Balaban J connectivity index is 0.00000288. The van der Waals surface area contributed by atoms with Crippen molar-refractivity contribution in [3.05, 3.63) is 52.7 Å². The SMILES string of the molecule is CN=C(NCc1ccc(C)c(F)c1)NCc1cc(C(C)C)no1.I. The summed E-state index contributed by atoms with van der Waals surface area (Å²) in [6.45, 7) is 6.86. The molecule has 0 amide bonds. The lowest BCUT2D eigenvalue weighted by Crippen LogP contribution is -2.36. The number of aryl methyl sites for hydroxylation is 1. The summed E-state index contributed by atoms with van der Waals surface area (Å²) >= 11 is 0. The van der Waals surface area contributed by atoms with Crippen LogP contribution in [0, 0.1) is 12.7 Å². The first-order chi connectivity index (χ1) is 11.0. The van der Waals surface area contributed by atoms with Crippen LogP contribution in [0.3, 0.4) is 0 Å². The first kappa shape index (κ1) is 20.4. The van der Waals surface area contributed by atoms with Crippen molar-refractivity contribution in [3.63, 3.8) is 0 Å². The molecular weight excluding hydrogens is 422 g/mol. The van der Waals surface area contributed by atoms with E-state index in [1.807, 2.05) is 12.1 Å². The molecule has 0 aliphatic carbocycles. The van der Waals surface area contributed by atoms with Crippen LogP contribution in [0.2, 0.25) is 0 Å². The lowest BCUT2D eigenvalue weighted by atomic mass is 10.1. The molecule has 2 N–H and O–H groups in total. The van der Waals surface area contributed by atoms with Gasteiger partial charge in [-0.1, -0.05) is 31.1 Å². The summed E-state index contributed by atoms with van der Waals surface area (Å²) in [4.78, 5) is 4.14. The van der Waals surface area contributed by atoms with Crippen LogP contribution in [0.1, 0.15) is 42.3 Å². The van der Waals surface area contributed by atoms with Crippen molar-refractivity contribution in [2.45, 2.75) is 39.8 Å². The molecule has 1 aromatic carbocycles. The number of aliphatic imine (C=N–C) groups is 1. The van der Waals surface area contributed by atoms with E-state index in [1.165, 1.54) is 6.07 Å². The third-order valence-electron chi connectivity index (χ3n) is 3.52. The zero-order valence-corrected chi connectivity index (χ0v) is 16.7. The highest BCUT2D eigenvalue weighted by Gasteiger charge is 2.08.